The lowest BCUT2D eigenvalue weighted by atomic mass is 9.63. The lowest BCUT2D eigenvalue weighted by molar-refractivity contribution is -0.130. The molecule has 102 valence electrons. The summed E-state index contributed by atoms with van der Waals surface area (Å²) >= 11 is 0. The van der Waals surface area contributed by atoms with E-state index in [0.717, 1.165) is 12.7 Å². The highest BCUT2D eigenvalue weighted by Crippen LogP contribution is 2.43. The minimum Gasteiger partial charge on any atom is -0.515 e. The average Bonchev–Trinajstić information content (AvgIpc) is 2.25. The van der Waals surface area contributed by atoms with Gasteiger partial charge in [-0.25, -0.2) is 0 Å². The van der Waals surface area contributed by atoms with Crippen molar-refractivity contribution >= 4 is 5.78 Å². The summed E-state index contributed by atoms with van der Waals surface area (Å²) in [5.74, 6) is 0.0370. The van der Waals surface area contributed by atoms with Crippen LogP contribution in [0.15, 0.2) is 11.8 Å². The van der Waals surface area contributed by atoms with Crippen molar-refractivity contribution in [3.05, 3.63) is 11.8 Å². The predicted molar refractivity (Wildman–Crippen MR) is 75.2 cm³/mol. The van der Waals surface area contributed by atoms with Gasteiger partial charge in [-0.1, -0.05) is 54.9 Å². The van der Waals surface area contributed by atoms with E-state index in [4.69, 9.17) is 5.11 Å². The minimum atomic E-state index is -0.406. The number of carbonyl (C=O) groups excluding carboxylic acids is 1. The van der Waals surface area contributed by atoms with Crippen molar-refractivity contribution in [2.75, 3.05) is 0 Å². The summed E-state index contributed by atoms with van der Waals surface area (Å²) in [6.45, 7) is 16.0. The van der Waals surface area contributed by atoms with Crippen LogP contribution >= 0.6 is 0 Å². The Morgan fingerprint density at radius 2 is 1.47 bits per heavy atom. The highest BCUT2D eigenvalue weighted by atomic mass is 16.2. The molecule has 0 saturated carbocycles. The van der Waals surface area contributed by atoms with Gasteiger partial charge in [0.05, 0.1) is 6.26 Å². The molecule has 0 aliphatic carbocycles. The van der Waals surface area contributed by atoms with E-state index in [9.17, 15) is 4.79 Å². The summed E-state index contributed by atoms with van der Waals surface area (Å²) in [5, 5.41) is 8.85. The van der Waals surface area contributed by atoms with Crippen molar-refractivity contribution in [1.82, 2.24) is 0 Å². The largest absolute Gasteiger partial charge is 0.515 e. The molecule has 0 saturated heterocycles. The molecule has 1 atom stereocenters. The van der Waals surface area contributed by atoms with Crippen molar-refractivity contribution < 1.29 is 9.90 Å². The molecule has 0 spiro atoms. The van der Waals surface area contributed by atoms with Crippen LogP contribution in [0.1, 0.15) is 68.2 Å². The van der Waals surface area contributed by atoms with Crippen LogP contribution in [0.3, 0.4) is 0 Å². The fraction of sp³-hybridized carbons (Fsp3) is 0.800. The van der Waals surface area contributed by atoms with E-state index in [1.807, 2.05) is 13.8 Å². The van der Waals surface area contributed by atoms with E-state index in [1.54, 1.807) is 6.92 Å². The smallest absolute Gasteiger partial charge is 0.167 e. The second kappa shape index (κ2) is 7.52. The third-order valence-corrected chi connectivity index (χ3v) is 3.42. The van der Waals surface area contributed by atoms with E-state index in [1.165, 1.54) is 6.42 Å². The number of allylic oxidation sites excluding steroid dienone is 1. The molecule has 0 radical (unpaired) electrons. The zero-order chi connectivity index (χ0) is 14.3. The third kappa shape index (κ3) is 4.93. The zero-order valence-electron chi connectivity index (χ0n) is 12.8. The molecule has 0 aromatic rings. The van der Waals surface area contributed by atoms with Crippen molar-refractivity contribution in [3.8, 4) is 0 Å². The Balaban J connectivity index is 0. The first-order valence-corrected chi connectivity index (χ1v) is 6.48. The van der Waals surface area contributed by atoms with Gasteiger partial charge in [0.2, 0.25) is 0 Å². The molecule has 0 aliphatic rings. The summed E-state index contributed by atoms with van der Waals surface area (Å²) in [4.78, 5) is 12.0. The molecule has 0 aromatic heterocycles. The van der Waals surface area contributed by atoms with Gasteiger partial charge < -0.3 is 5.11 Å². The second-order valence-corrected chi connectivity index (χ2v) is 5.78. The summed E-state index contributed by atoms with van der Waals surface area (Å²) in [6, 6.07) is 0. The second-order valence-electron chi connectivity index (χ2n) is 5.78. The first-order valence-electron chi connectivity index (χ1n) is 6.48. The van der Waals surface area contributed by atoms with Crippen LogP contribution in [-0.4, -0.2) is 10.9 Å². The maximum atomic E-state index is 12.0. The first-order chi connectivity index (χ1) is 7.62. The molecule has 1 N–H and O–H groups in total. The lowest BCUT2D eigenvalue weighted by Gasteiger charge is -2.40. The molecular formula is C15H30O2. The van der Waals surface area contributed by atoms with Gasteiger partial charge in [-0.05, 0) is 18.8 Å². The van der Waals surface area contributed by atoms with Crippen LogP contribution in [0.5, 0.6) is 0 Å². The molecular weight excluding hydrogens is 212 g/mol. The standard InChI is InChI=1S/C12H22O2.C3H8/c1-7-12(6,11(3,4)5)10(14)9(2)8-13;1-3-2/h8,13H,7H2,1-6H3;3H2,1-2H3/b9-8-;. The van der Waals surface area contributed by atoms with E-state index in [-0.39, 0.29) is 11.2 Å². The Labute approximate surface area is 107 Å². The fourth-order valence-corrected chi connectivity index (χ4v) is 1.53. The van der Waals surface area contributed by atoms with E-state index < -0.39 is 5.41 Å². The average molecular weight is 242 g/mol. The maximum absolute atomic E-state index is 12.0. The summed E-state index contributed by atoms with van der Waals surface area (Å²) in [7, 11) is 0. The quantitative estimate of drug-likeness (QED) is 0.565. The molecule has 0 amide bonds. The molecule has 0 aliphatic heterocycles. The van der Waals surface area contributed by atoms with Crippen molar-refractivity contribution in [2.24, 2.45) is 10.8 Å². The molecule has 0 fully saturated rings. The number of ketones is 1. The van der Waals surface area contributed by atoms with Gasteiger partial charge in [0.25, 0.3) is 0 Å². The van der Waals surface area contributed by atoms with Crippen LogP contribution in [0.2, 0.25) is 0 Å². The Bertz CT molecular complexity index is 259. The Morgan fingerprint density at radius 3 is 1.65 bits per heavy atom. The van der Waals surface area contributed by atoms with Crippen LogP contribution in [0.25, 0.3) is 0 Å². The van der Waals surface area contributed by atoms with E-state index in [0.29, 0.717) is 5.57 Å². The highest BCUT2D eigenvalue weighted by Gasteiger charge is 2.42. The highest BCUT2D eigenvalue weighted by molar-refractivity contribution is 5.99. The SMILES string of the molecule is CCC.CCC(C)(C(=O)/C(C)=C\O)C(C)(C)C. The lowest BCUT2D eigenvalue weighted by Crippen LogP contribution is -2.40. The molecule has 17 heavy (non-hydrogen) atoms. The zero-order valence-corrected chi connectivity index (χ0v) is 12.8. The number of aliphatic hydroxyl groups excluding tert-OH is 1. The van der Waals surface area contributed by atoms with Gasteiger partial charge >= 0.3 is 0 Å². The molecule has 2 heteroatoms. The van der Waals surface area contributed by atoms with Gasteiger partial charge in [-0.15, -0.1) is 0 Å². The Hall–Kier alpha value is -0.790. The van der Waals surface area contributed by atoms with Crippen molar-refractivity contribution in [1.29, 1.82) is 0 Å². The van der Waals surface area contributed by atoms with Gasteiger partial charge in [-0.3, -0.25) is 4.79 Å². The first kappa shape index (κ1) is 18.6. The fourth-order valence-electron chi connectivity index (χ4n) is 1.53. The molecule has 1 unspecified atom stereocenters. The number of hydrogen-bond acceptors (Lipinski definition) is 2. The summed E-state index contributed by atoms with van der Waals surface area (Å²) in [6.07, 6.45) is 2.93. The van der Waals surface area contributed by atoms with Crippen LogP contribution in [-0.2, 0) is 4.79 Å². The van der Waals surface area contributed by atoms with Crippen LogP contribution < -0.4 is 0 Å². The van der Waals surface area contributed by atoms with Crippen LogP contribution in [0.4, 0.5) is 0 Å². The van der Waals surface area contributed by atoms with Gasteiger partial charge in [0, 0.05) is 11.0 Å². The number of rotatable bonds is 3. The Morgan fingerprint density at radius 1 is 1.12 bits per heavy atom. The topological polar surface area (TPSA) is 37.3 Å². The van der Waals surface area contributed by atoms with Gasteiger partial charge in [0.15, 0.2) is 5.78 Å². The molecule has 2 nitrogen and oxygen atoms in total. The number of aliphatic hydroxyl groups is 1. The van der Waals surface area contributed by atoms with Crippen molar-refractivity contribution in [3.63, 3.8) is 0 Å². The molecule has 0 bridgehead atoms. The minimum absolute atomic E-state index is 0.0370. The molecule has 0 heterocycles. The molecule has 0 aromatic carbocycles. The number of hydrogen-bond donors (Lipinski definition) is 1. The van der Waals surface area contributed by atoms with E-state index in [2.05, 4.69) is 34.6 Å². The third-order valence-electron chi connectivity index (χ3n) is 3.42. The summed E-state index contributed by atoms with van der Waals surface area (Å²) in [5.41, 5.74) is -0.0661. The predicted octanol–water partition coefficient (Wildman–Crippen LogP) is 4.90. The van der Waals surface area contributed by atoms with E-state index >= 15 is 0 Å². The number of Topliss-reactive ketones (excluding diaryl/α,β-unsaturated/α-hetero) is 1. The monoisotopic (exact) mass is 242 g/mol. The van der Waals surface area contributed by atoms with Gasteiger partial charge in [0.1, 0.15) is 0 Å². The Kier molecular flexibility index (Phi) is 8.21. The van der Waals surface area contributed by atoms with Crippen molar-refractivity contribution in [2.45, 2.75) is 68.2 Å². The maximum Gasteiger partial charge on any atom is 0.167 e. The van der Waals surface area contributed by atoms with Crippen LogP contribution in [0, 0.1) is 10.8 Å². The van der Waals surface area contributed by atoms with Gasteiger partial charge in [-0.2, -0.15) is 0 Å². The number of carbonyl (C=O) groups is 1. The summed E-state index contributed by atoms with van der Waals surface area (Å²) < 4.78 is 0. The normalized spacial score (nSPS) is 15.6. The molecule has 0 rings (SSSR count).